The van der Waals surface area contributed by atoms with Crippen molar-refractivity contribution < 1.29 is 14.0 Å². The van der Waals surface area contributed by atoms with E-state index in [1.54, 1.807) is 23.1 Å². The first-order chi connectivity index (χ1) is 11.6. The fraction of sp³-hybridized carbons (Fsp3) is 0.389. The average Bonchev–Trinajstić information content (AvgIpc) is 2.60. The molecule has 1 heterocycles. The molecule has 0 bridgehead atoms. The maximum absolute atomic E-state index is 13.5. The van der Waals surface area contributed by atoms with Gasteiger partial charge < -0.3 is 10.2 Å². The maximum atomic E-state index is 13.5. The van der Waals surface area contributed by atoms with E-state index in [1.807, 2.05) is 6.07 Å². The molecule has 0 spiro atoms. The summed E-state index contributed by atoms with van der Waals surface area (Å²) in [5.74, 6) is -0.436. The molecule has 1 saturated heterocycles. The van der Waals surface area contributed by atoms with Crippen LogP contribution in [0.5, 0.6) is 0 Å². The molecule has 1 fully saturated rings. The third kappa shape index (κ3) is 5.20. The molecule has 2 rings (SSSR count). The van der Waals surface area contributed by atoms with Crippen LogP contribution in [-0.4, -0.2) is 36.3 Å². The molecule has 0 radical (unpaired) electrons. The Hall–Kier alpha value is -2.68. The Labute approximate surface area is 140 Å². The van der Waals surface area contributed by atoms with E-state index in [4.69, 9.17) is 5.26 Å². The van der Waals surface area contributed by atoms with E-state index in [0.717, 1.165) is 12.8 Å². The molecule has 5 nitrogen and oxygen atoms in total. The number of rotatable bonds is 5. The van der Waals surface area contributed by atoms with Gasteiger partial charge in [0.25, 0.3) is 0 Å². The first-order valence-electron chi connectivity index (χ1n) is 7.95. The first-order valence-corrected chi connectivity index (χ1v) is 7.95. The molecule has 2 amide bonds. The van der Waals surface area contributed by atoms with Crippen LogP contribution in [0.3, 0.4) is 0 Å². The van der Waals surface area contributed by atoms with Gasteiger partial charge in [-0.25, -0.2) is 4.39 Å². The minimum absolute atomic E-state index is 0.127. The molecular formula is C18H20FN3O2. The largest absolute Gasteiger partial charge is 0.355 e. The van der Waals surface area contributed by atoms with E-state index in [9.17, 15) is 14.0 Å². The van der Waals surface area contributed by atoms with Gasteiger partial charge in [-0.05, 0) is 30.9 Å². The molecule has 1 aromatic carbocycles. The topological polar surface area (TPSA) is 73.2 Å². The van der Waals surface area contributed by atoms with Gasteiger partial charge in [0.1, 0.15) is 12.2 Å². The number of nitrogens with one attached hydrogen (secondary N) is 1. The van der Waals surface area contributed by atoms with Gasteiger partial charge in [0.15, 0.2) is 0 Å². The van der Waals surface area contributed by atoms with E-state index < -0.39 is 0 Å². The number of hydrogen-bond acceptors (Lipinski definition) is 3. The first kappa shape index (κ1) is 17.7. The zero-order chi connectivity index (χ0) is 17.4. The highest BCUT2D eigenvalue weighted by molar-refractivity contribution is 5.91. The Morgan fingerprint density at radius 3 is 2.71 bits per heavy atom. The second kappa shape index (κ2) is 8.82. The molecule has 24 heavy (non-hydrogen) atoms. The van der Waals surface area contributed by atoms with Crippen LogP contribution in [0.2, 0.25) is 0 Å². The summed E-state index contributed by atoms with van der Waals surface area (Å²) in [4.78, 5) is 25.1. The molecule has 6 heteroatoms. The standard InChI is InChI=1S/C18H20FN3O2/c19-16-4-2-1-3-15(16)5-6-18(24)22-11-8-14(9-12-22)13-21-17(23)7-10-20/h1-6,14H,7-9,11-13H2,(H,21,23)/b6-5+. The van der Waals surface area contributed by atoms with E-state index in [-0.39, 0.29) is 24.1 Å². The normalized spacial score (nSPS) is 15.2. The predicted molar refractivity (Wildman–Crippen MR) is 88.0 cm³/mol. The number of nitriles is 1. The third-order valence-corrected chi connectivity index (χ3v) is 4.06. The van der Waals surface area contributed by atoms with Gasteiger partial charge in [-0.1, -0.05) is 18.2 Å². The van der Waals surface area contributed by atoms with Crippen LogP contribution in [-0.2, 0) is 9.59 Å². The summed E-state index contributed by atoms with van der Waals surface area (Å²) >= 11 is 0. The SMILES string of the molecule is N#CCC(=O)NCC1CCN(C(=O)/C=C/c2ccccc2F)CC1. The summed E-state index contributed by atoms with van der Waals surface area (Å²) in [6.07, 6.45) is 4.36. The number of likely N-dealkylation sites (tertiary alicyclic amines) is 1. The summed E-state index contributed by atoms with van der Waals surface area (Å²) < 4.78 is 13.5. The van der Waals surface area contributed by atoms with Crippen LogP contribution in [0.15, 0.2) is 30.3 Å². The molecule has 1 aromatic rings. The quantitative estimate of drug-likeness (QED) is 0.841. The van der Waals surface area contributed by atoms with Crippen molar-refractivity contribution in [1.82, 2.24) is 10.2 Å². The zero-order valence-electron chi connectivity index (χ0n) is 13.4. The van der Waals surface area contributed by atoms with Gasteiger partial charge in [0.2, 0.25) is 11.8 Å². The molecular weight excluding hydrogens is 309 g/mol. The highest BCUT2D eigenvalue weighted by atomic mass is 19.1. The minimum Gasteiger partial charge on any atom is -0.355 e. The van der Waals surface area contributed by atoms with Gasteiger partial charge in [-0.3, -0.25) is 9.59 Å². The lowest BCUT2D eigenvalue weighted by Gasteiger charge is -2.31. The summed E-state index contributed by atoms with van der Waals surface area (Å²) in [5.41, 5.74) is 0.390. The summed E-state index contributed by atoms with van der Waals surface area (Å²) in [7, 11) is 0. The maximum Gasteiger partial charge on any atom is 0.246 e. The predicted octanol–water partition coefficient (Wildman–Crippen LogP) is 2.11. The molecule has 126 valence electrons. The monoisotopic (exact) mass is 329 g/mol. The van der Waals surface area contributed by atoms with Crippen molar-refractivity contribution in [2.45, 2.75) is 19.3 Å². The van der Waals surface area contributed by atoms with Crippen LogP contribution in [0.25, 0.3) is 6.08 Å². The molecule has 0 saturated carbocycles. The van der Waals surface area contributed by atoms with Crippen molar-refractivity contribution in [1.29, 1.82) is 5.26 Å². The van der Waals surface area contributed by atoms with Crippen LogP contribution in [0.4, 0.5) is 4.39 Å². The highest BCUT2D eigenvalue weighted by Gasteiger charge is 2.21. The van der Waals surface area contributed by atoms with Gasteiger partial charge in [0.05, 0.1) is 6.07 Å². The fourth-order valence-electron chi connectivity index (χ4n) is 2.63. The number of carbonyl (C=O) groups is 2. The zero-order valence-corrected chi connectivity index (χ0v) is 13.4. The van der Waals surface area contributed by atoms with Gasteiger partial charge >= 0.3 is 0 Å². The number of benzene rings is 1. The minimum atomic E-state index is -0.353. The van der Waals surface area contributed by atoms with Crippen LogP contribution < -0.4 is 5.32 Å². The van der Waals surface area contributed by atoms with Crippen molar-refractivity contribution in [3.63, 3.8) is 0 Å². The molecule has 1 N–H and O–H groups in total. The van der Waals surface area contributed by atoms with Gasteiger partial charge in [-0.15, -0.1) is 0 Å². The Kier molecular flexibility index (Phi) is 6.50. The Bertz CT molecular complexity index is 658. The van der Waals surface area contributed by atoms with E-state index in [0.29, 0.717) is 31.1 Å². The lowest BCUT2D eigenvalue weighted by atomic mass is 9.96. The lowest BCUT2D eigenvalue weighted by molar-refractivity contribution is -0.127. The van der Waals surface area contributed by atoms with E-state index in [2.05, 4.69) is 5.32 Å². The molecule has 1 aliphatic heterocycles. The summed E-state index contributed by atoms with van der Waals surface area (Å²) in [6, 6.07) is 8.11. The van der Waals surface area contributed by atoms with Crippen molar-refractivity contribution >= 4 is 17.9 Å². The van der Waals surface area contributed by atoms with Gasteiger partial charge in [-0.2, -0.15) is 5.26 Å². The van der Waals surface area contributed by atoms with Crippen molar-refractivity contribution in [3.8, 4) is 6.07 Å². The van der Waals surface area contributed by atoms with Crippen LogP contribution in [0.1, 0.15) is 24.8 Å². The summed E-state index contributed by atoms with van der Waals surface area (Å²) in [6.45, 7) is 1.76. The molecule has 0 aromatic heterocycles. The smallest absolute Gasteiger partial charge is 0.246 e. The Morgan fingerprint density at radius 1 is 1.33 bits per heavy atom. The Balaban J connectivity index is 1.78. The molecule has 0 unspecified atom stereocenters. The number of hydrogen-bond donors (Lipinski definition) is 1. The fourth-order valence-corrected chi connectivity index (χ4v) is 2.63. The number of piperidine rings is 1. The molecule has 0 aliphatic carbocycles. The third-order valence-electron chi connectivity index (χ3n) is 4.06. The summed E-state index contributed by atoms with van der Waals surface area (Å²) in [5, 5.41) is 11.2. The second-order valence-electron chi connectivity index (χ2n) is 5.76. The number of nitrogens with zero attached hydrogens (tertiary/aromatic N) is 2. The van der Waals surface area contributed by atoms with Crippen molar-refractivity contribution in [2.75, 3.05) is 19.6 Å². The van der Waals surface area contributed by atoms with Crippen molar-refractivity contribution in [2.24, 2.45) is 5.92 Å². The average molecular weight is 329 g/mol. The van der Waals surface area contributed by atoms with E-state index in [1.165, 1.54) is 18.2 Å². The number of halogens is 1. The van der Waals surface area contributed by atoms with Gasteiger partial charge in [0, 0.05) is 31.3 Å². The Morgan fingerprint density at radius 2 is 2.04 bits per heavy atom. The van der Waals surface area contributed by atoms with E-state index >= 15 is 0 Å². The second-order valence-corrected chi connectivity index (χ2v) is 5.76. The van der Waals surface area contributed by atoms with Crippen molar-refractivity contribution in [3.05, 3.63) is 41.7 Å². The molecule has 0 atom stereocenters. The van der Waals surface area contributed by atoms with Crippen LogP contribution in [0, 0.1) is 23.1 Å². The number of carbonyl (C=O) groups excluding carboxylic acids is 2. The highest BCUT2D eigenvalue weighted by Crippen LogP contribution is 2.17. The number of amides is 2. The molecule has 1 aliphatic rings. The van der Waals surface area contributed by atoms with Crippen LogP contribution >= 0.6 is 0 Å². The lowest BCUT2D eigenvalue weighted by Crippen LogP contribution is -2.40.